The summed E-state index contributed by atoms with van der Waals surface area (Å²) in [7, 11) is 0. The number of carboxylic acids is 1. The molecule has 0 fully saturated rings. The highest BCUT2D eigenvalue weighted by molar-refractivity contribution is 6.42. The molecule has 0 unspecified atom stereocenters. The van der Waals surface area contributed by atoms with E-state index in [1.807, 2.05) is 26.0 Å². The topological polar surface area (TPSA) is 64.6 Å². The largest absolute Gasteiger partial charge is 0.476 e. The second-order valence-electron chi connectivity index (χ2n) is 6.96. The predicted octanol–water partition coefficient (Wildman–Crippen LogP) is 3.69. The number of hydrazine groups is 2. The summed E-state index contributed by atoms with van der Waals surface area (Å²) in [6, 6.07) is 5.65. The monoisotopic (exact) mass is 357 g/mol. The Labute approximate surface area is 146 Å². The zero-order chi connectivity index (χ0) is 17.4. The summed E-state index contributed by atoms with van der Waals surface area (Å²) in [6.07, 6.45) is 2.32. The van der Waals surface area contributed by atoms with E-state index in [9.17, 15) is 4.79 Å². The Morgan fingerprint density at radius 1 is 1.22 bits per heavy atom. The Bertz CT molecular complexity index is 657. The Morgan fingerprint density at radius 3 is 2.39 bits per heavy atom. The Hall–Kier alpha value is -1.43. The molecule has 23 heavy (non-hydrogen) atoms. The van der Waals surface area contributed by atoms with Crippen LogP contribution in [0.1, 0.15) is 39.7 Å². The summed E-state index contributed by atoms with van der Waals surface area (Å²) in [4.78, 5) is 11.0. The summed E-state index contributed by atoms with van der Waals surface area (Å²) in [5, 5.41) is 11.9. The molecule has 0 radical (unpaired) electrons. The van der Waals surface area contributed by atoms with Crippen molar-refractivity contribution in [1.82, 2.24) is 16.0 Å². The Kier molecular flexibility index (Phi) is 4.85. The van der Waals surface area contributed by atoms with Crippen LogP contribution in [-0.4, -0.2) is 21.6 Å². The zero-order valence-electron chi connectivity index (χ0n) is 13.6. The van der Waals surface area contributed by atoms with Crippen molar-refractivity contribution < 1.29 is 9.90 Å². The van der Waals surface area contributed by atoms with Crippen molar-refractivity contribution in [2.75, 3.05) is 0 Å². The van der Waals surface area contributed by atoms with E-state index in [1.165, 1.54) is 0 Å². The van der Waals surface area contributed by atoms with E-state index in [0.717, 1.165) is 12.0 Å². The average Bonchev–Trinajstić information content (AvgIpc) is 2.91. The van der Waals surface area contributed by atoms with Crippen LogP contribution in [0.5, 0.6) is 0 Å². The van der Waals surface area contributed by atoms with Crippen LogP contribution in [0.2, 0.25) is 10.0 Å². The second-order valence-corrected chi connectivity index (χ2v) is 7.77. The van der Waals surface area contributed by atoms with Gasteiger partial charge in [0.1, 0.15) is 0 Å². The van der Waals surface area contributed by atoms with E-state index in [1.54, 1.807) is 17.3 Å². The van der Waals surface area contributed by atoms with Crippen LogP contribution in [0.15, 0.2) is 30.1 Å². The van der Waals surface area contributed by atoms with Gasteiger partial charge in [0, 0.05) is 0 Å². The highest BCUT2D eigenvalue weighted by Crippen LogP contribution is 2.37. The van der Waals surface area contributed by atoms with Crippen molar-refractivity contribution in [2.24, 2.45) is 0 Å². The third-order valence-electron chi connectivity index (χ3n) is 4.03. The van der Waals surface area contributed by atoms with Crippen molar-refractivity contribution >= 4 is 29.2 Å². The van der Waals surface area contributed by atoms with Crippen LogP contribution in [0.25, 0.3) is 0 Å². The molecule has 0 saturated carbocycles. The predicted molar refractivity (Wildman–Crippen MR) is 92.0 cm³/mol. The van der Waals surface area contributed by atoms with Gasteiger partial charge in [-0.2, -0.15) is 0 Å². The number of aliphatic carboxylic acids is 1. The molecule has 5 nitrogen and oxygen atoms in total. The van der Waals surface area contributed by atoms with Crippen LogP contribution in [0.3, 0.4) is 0 Å². The lowest BCUT2D eigenvalue weighted by molar-refractivity contribution is -0.133. The summed E-state index contributed by atoms with van der Waals surface area (Å²) >= 11 is 12.1. The van der Waals surface area contributed by atoms with Crippen molar-refractivity contribution in [1.29, 1.82) is 0 Å². The number of nitrogens with one attached hydrogen (secondary N) is 2. The number of benzene rings is 1. The Balaban J connectivity index is 2.21. The molecule has 1 aliphatic heterocycles. The second kappa shape index (κ2) is 6.23. The van der Waals surface area contributed by atoms with Gasteiger partial charge in [0.25, 0.3) is 0 Å². The first kappa shape index (κ1) is 17.9. The van der Waals surface area contributed by atoms with Gasteiger partial charge in [-0.25, -0.2) is 4.79 Å². The molecule has 2 rings (SSSR count). The van der Waals surface area contributed by atoms with Gasteiger partial charge in [0.2, 0.25) is 0 Å². The minimum Gasteiger partial charge on any atom is -0.476 e. The molecule has 0 amide bonds. The molecular weight excluding hydrogens is 337 g/mol. The van der Waals surface area contributed by atoms with Gasteiger partial charge in [0.05, 0.1) is 21.8 Å². The lowest BCUT2D eigenvalue weighted by Gasteiger charge is -2.41. The van der Waals surface area contributed by atoms with Gasteiger partial charge < -0.3 is 5.11 Å². The maximum atomic E-state index is 11.0. The van der Waals surface area contributed by atoms with Gasteiger partial charge in [-0.05, 0) is 43.4 Å². The number of hydrogen-bond donors (Lipinski definition) is 3. The molecule has 126 valence electrons. The molecule has 7 heteroatoms. The summed E-state index contributed by atoms with van der Waals surface area (Å²) in [5.41, 5.74) is 6.22. The fraction of sp³-hybridized carbons (Fsp3) is 0.438. The number of carbonyl (C=O) groups is 1. The van der Waals surface area contributed by atoms with Crippen LogP contribution < -0.4 is 11.0 Å². The average molecular weight is 358 g/mol. The highest BCUT2D eigenvalue weighted by atomic mass is 35.5. The fourth-order valence-corrected chi connectivity index (χ4v) is 3.23. The lowest BCUT2D eigenvalue weighted by Crippen LogP contribution is -2.51. The molecule has 0 atom stereocenters. The molecule has 0 bridgehead atoms. The van der Waals surface area contributed by atoms with Crippen LogP contribution in [0.4, 0.5) is 0 Å². The van der Waals surface area contributed by atoms with Crippen molar-refractivity contribution in [3.8, 4) is 0 Å². The van der Waals surface area contributed by atoms with E-state index in [4.69, 9.17) is 28.3 Å². The summed E-state index contributed by atoms with van der Waals surface area (Å²) in [6.45, 7) is 8.34. The molecular formula is C16H21Cl2N3O2. The fourth-order valence-electron chi connectivity index (χ4n) is 2.93. The van der Waals surface area contributed by atoms with E-state index in [0.29, 0.717) is 10.0 Å². The van der Waals surface area contributed by atoms with Crippen LogP contribution in [0, 0.1) is 0 Å². The number of carboxylic acid groups (broad SMARTS) is 1. The number of hydrogen-bond acceptors (Lipinski definition) is 4. The molecule has 1 aromatic rings. The van der Waals surface area contributed by atoms with Gasteiger partial charge in [-0.15, -0.1) is 5.53 Å². The molecule has 0 aliphatic carbocycles. The molecule has 1 heterocycles. The minimum absolute atomic E-state index is 0.116. The first-order valence-electron chi connectivity index (χ1n) is 7.24. The summed E-state index contributed by atoms with van der Waals surface area (Å²) in [5.74, 6) is -1.00. The zero-order valence-corrected chi connectivity index (χ0v) is 15.1. The molecule has 0 aromatic heterocycles. The first-order valence-corrected chi connectivity index (χ1v) is 8.00. The van der Waals surface area contributed by atoms with Gasteiger partial charge >= 0.3 is 5.97 Å². The maximum absolute atomic E-state index is 11.0. The van der Waals surface area contributed by atoms with Crippen LogP contribution >= 0.6 is 23.2 Å². The van der Waals surface area contributed by atoms with E-state index in [-0.39, 0.29) is 16.7 Å². The molecule has 1 aromatic carbocycles. The van der Waals surface area contributed by atoms with Crippen molar-refractivity contribution in [2.45, 2.75) is 45.1 Å². The highest BCUT2D eigenvalue weighted by Gasteiger charge is 2.36. The van der Waals surface area contributed by atoms with Gasteiger partial charge in [-0.1, -0.05) is 43.1 Å². The maximum Gasteiger partial charge on any atom is 0.354 e. The van der Waals surface area contributed by atoms with E-state index >= 15 is 0 Å². The standard InChI is InChI=1S/C16H21Cl2N3O2/c1-15(2,10-5-6-11(17)12(18)7-10)9-16(3,4)21-8-13(14(22)23)19-20-21/h5-8,19-20H,9H2,1-4H3,(H,22,23). The van der Waals surface area contributed by atoms with E-state index in [2.05, 4.69) is 24.8 Å². The van der Waals surface area contributed by atoms with Gasteiger partial charge in [0.15, 0.2) is 5.70 Å². The van der Waals surface area contributed by atoms with Crippen molar-refractivity contribution in [3.05, 3.63) is 45.7 Å². The molecule has 3 N–H and O–H groups in total. The first-order chi connectivity index (χ1) is 10.5. The third-order valence-corrected chi connectivity index (χ3v) is 4.77. The summed E-state index contributed by atoms with van der Waals surface area (Å²) < 4.78 is 0. The smallest absolute Gasteiger partial charge is 0.354 e. The number of nitrogens with zero attached hydrogens (tertiary/aromatic N) is 1. The van der Waals surface area contributed by atoms with Crippen molar-refractivity contribution in [3.63, 3.8) is 0 Å². The lowest BCUT2D eigenvalue weighted by atomic mass is 9.75. The van der Waals surface area contributed by atoms with Gasteiger partial charge in [-0.3, -0.25) is 10.4 Å². The molecule has 1 aliphatic rings. The van der Waals surface area contributed by atoms with Crippen LogP contribution in [-0.2, 0) is 10.2 Å². The van der Waals surface area contributed by atoms with E-state index < -0.39 is 5.97 Å². The molecule has 0 spiro atoms. The third kappa shape index (κ3) is 3.91. The SMILES string of the molecule is CC(C)(CC(C)(C)N1C=C(C(=O)O)NN1)c1ccc(Cl)c(Cl)c1. The molecule has 0 saturated heterocycles. The number of halogens is 2. The Morgan fingerprint density at radius 2 is 1.87 bits per heavy atom. The number of rotatable bonds is 5. The quantitative estimate of drug-likeness (QED) is 0.749. The normalized spacial score (nSPS) is 15.4. The minimum atomic E-state index is -1.00.